The molecule has 6 nitrogen and oxygen atoms in total. The summed E-state index contributed by atoms with van der Waals surface area (Å²) in [5.74, 6) is 0.536. The third kappa shape index (κ3) is 3.71. The quantitative estimate of drug-likeness (QED) is 0.933. The lowest BCUT2D eigenvalue weighted by Gasteiger charge is -2.32. The number of carbonyl (C=O) groups excluding carboxylic acids is 1. The largest absolute Gasteiger partial charge is 0.489 e. The highest BCUT2D eigenvalue weighted by Gasteiger charge is 2.25. The highest BCUT2D eigenvalue weighted by Crippen LogP contribution is 2.26. The number of hydrogen-bond donors (Lipinski definition) is 1. The van der Waals surface area contributed by atoms with Crippen LogP contribution < -0.4 is 10.3 Å². The number of halogens is 1. The highest BCUT2D eigenvalue weighted by atomic mass is 35.5. The second-order valence-corrected chi connectivity index (χ2v) is 5.76. The summed E-state index contributed by atoms with van der Waals surface area (Å²) in [6.07, 6.45) is 6.11. The van der Waals surface area contributed by atoms with Gasteiger partial charge in [-0.05, 0) is 6.07 Å². The Kier molecular flexibility index (Phi) is 4.62. The van der Waals surface area contributed by atoms with E-state index >= 15 is 0 Å². The van der Waals surface area contributed by atoms with E-state index in [9.17, 15) is 9.59 Å². The number of ether oxygens (including phenoxy) is 1. The SMILES string of the molecule is O=C(c1ccc(=O)[nH]c1)N1CCC(Oc2ccncc2Cl)CC1. The van der Waals surface area contributed by atoms with Crippen molar-refractivity contribution in [2.24, 2.45) is 0 Å². The Labute approximate surface area is 138 Å². The maximum atomic E-state index is 12.4. The number of nitrogens with zero attached hydrogens (tertiary/aromatic N) is 2. The number of rotatable bonds is 3. The molecule has 0 atom stereocenters. The van der Waals surface area contributed by atoms with Crippen LogP contribution in [0, 0.1) is 0 Å². The average molecular weight is 334 g/mol. The van der Waals surface area contributed by atoms with Gasteiger partial charge >= 0.3 is 0 Å². The van der Waals surface area contributed by atoms with E-state index in [4.69, 9.17) is 16.3 Å². The molecule has 1 aliphatic rings. The van der Waals surface area contributed by atoms with Gasteiger partial charge in [0.2, 0.25) is 5.56 Å². The monoisotopic (exact) mass is 333 g/mol. The molecule has 0 radical (unpaired) electrons. The van der Waals surface area contributed by atoms with Crippen LogP contribution in [0.25, 0.3) is 0 Å². The third-order valence-electron chi connectivity index (χ3n) is 3.79. The lowest BCUT2D eigenvalue weighted by atomic mass is 10.1. The number of H-pyrrole nitrogens is 1. The van der Waals surface area contributed by atoms with Crippen LogP contribution in [0.15, 0.2) is 41.6 Å². The minimum Gasteiger partial charge on any atom is -0.489 e. The second kappa shape index (κ2) is 6.83. The maximum absolute atomic E-state index is 12.4. The zero-order chi connectivity index (χ0) is 16.2. The van der Waals surface area contributed by atoms with Crippen LogP contribution >= 0.6 is 11.6 Å². The van der Waals surface area contributed by atoms with E-state index < -0.39 is 0 Å². The molecule has 0 unspecified atom stereocenters. The molecular formula is C16H16ClN3O3. The van der Waals surface area contributed by atoms with Crippen molar-refractivity contribution in [3.05, 3.63) is 57.7 Å². The van der Waals surface area contributed by atoms with Crippen molar-refractivity contribution >= 4 is 17.5 Å². The van der Waals surface area contributed by atoms with E-state index in [0.29, 0.717) is 29.4 Å². The van der Waals surface area contributed by atoms with Gasteiger partial charge in [0, 0.05) is 56.7 Å². The molecule has 1 aliphatic heterocycles. The smallest absolute Gasteiger partial charge is 0.255 e. The van der Waals surface area contributed by atoms with Crippen molar-refractivity contribution in [2.45, 2.75) is 18.9 Å². The van der Waals surface area contributed by atoms with Crippen LogP contribution in [0.4, 0.5) is 0 Å². The number of aromatic nitrogens is 2. The summed E-state index contributed by atoms with van der Waals surface area (Å²) >= 11 is 6.03. The fraction of sp³-hybridized carbons (Fsp3) is 0.312. The molecule has 0 saturated carbocycles. The Morgan fingerprint density at radius 2 is 2.09 bits per heavy atom. The van der Waals surface area contributed by atoms with E-state index in [2.05, 4.69) is 9.97 Å². The molecule has 23 heavy (non-hydrogen) atoms. The van der Waals surface area contributed by atoms with Crippen LogP contribution in [0.2, 0.25) is 5.02 Å². The Morgan fingerprint density at radius 1 is 1.30 bits per heavy atom. The molecule has 0 aliphatic carbocycles. The number of amides is 1. The topological polar surface area (TPSA) is 75.3 Å². The molecule has 0 spiro atoms. The molecule has 0 aromatic carbocycles. The maximum Gasteiger partial charge on any atom is 0.255 e. The fourth-order valence-electron chi connectivity index (χ4n) is 2.54. The molecule has 1 saturated heterocycles. The minimum absolute atomic E-state index is 0.0227. The van der Waals surface area contributed by atoms with E-state index in [-0.39, 0.29) is 17.6 Å². The van der Waals surface area contributed by atoms with Gasteiger partial charge in [0.25, 0.3) is 5.91 Å². The van der Waals surface area contributed by atoms with Crippen molar-refractivity contribution in [3.63, 3.8) is 0 Å². The van der Waals surface area contributed by atoms with Crippen molar-refractivity contribution in [1.82, 2.24) is 14.9 Å². The van der Waals surface area contributed by atoms with Crippen molar-refractivity contribution in [2.75, 3.05) is 13.1 Å². The predicted molar refractivity (Wildman–Crippen MR) is 85.9 cm³/mol. The summed E-state index contributed by atoms with van der Waals surface area (Å²) in [5.41, 5.74) is 0.268. The highest BCUT2D eigenvalue weighted by molar-refractivity contribution is 6.31. The Balaban J connectivity index is 1.58. The van der Waals surface area contributed by atoms with Gasteiger partial charge in [-0.15, -0.1) is 0 Å². The van der Waals surface area contributed by atoms with Crippen LogP contribution in [0.3, 0.4) is 0 Å². The summed E-state index contributed by atoms with van der Waals surface area (Å²) in [4.78, 5) is 31.6. The van der Waals surface area contributed by atoms with Gasteiger partial charge in [-0.1, -0.05) is 11.6 Å². The first-order chi connectivity index (χ1) is 11.1. The van der Waals surface area contributed by atoms with Gasteiger partial charge in [-0.3, -0.25) is 14.6 Å². The van der Waals surface area contributed by atoms with Gasteiger partial charge in [-0.25, -0.2) is 0 Å². The van der Waals surface area contributed by atoms with E-state index in [0.717, 1.165) is 12.8 Å². The Hall–Kier alpha value is -2.34. The lowest BCUT2D eigenvalue weighted by Crippen LogP contribution is -2.41. The Morgan fingerprint density at radius 3 is 2.74 bits per heavy atom. The van der Waals surface area contributed by atoms with Crippen LogP contribution in [0.1, 0.15) is 23.2 Å². The molecular weight excluding hydrogens is 318 g/mol. The number of piperidine rings is 1. The molecule has 1 amide bonds. The number of hydrogen-bond acceptors (Lipinski definition) is 4. The average Bonchev–Trinajstić information content (AvgIpc) is 2.58. The summed E-state index contributed by atoms with van der Waals surface area (Å²) in [7, 11) is 0. The zero-order valence-electron chi connectivity index (χ0n) is 12.4. The molecule has 1 N–H and O–H groups in total. The van der Waals surface area contributed by atoms with E-state index in [1.807, 2.05) is 0 Å². The van der Waals surface area contributed by atoms with Gasteiger partial charge in [0.15, 0.2) is 0 Å². The molecule has 3 rings (SSSR count). The first-order valence-corrected chi connectivity index (χ1v) is 7.75. The van der Waals surface area contributed by atoms with Crippen molar-refractivity contribution in [1.29, 1.82) is 0 Å². The molecule has 3 heterocycles. The number of carbonyl (C=O) groups is 1. The number of nitrogens with one attached hydrogen (secondary N) is 1. The summed E-state index contributed by atoms with van der Waals surface area (Å²) in [5, 5.41) is 0.485. The summed E-state index contributed by atoms with van der Waals surface area (Å²) < 4.78 is 5.88. The lowest BCUT2D eigenvalue weighted by molar-refractivity contribution is 0.0595. The van der Waals surface area contributed by atoms with Crippen LogP contribution in [0.5, 0.6) is 5.75 Å². The number of likely N-dealkylation sites (tertiary alicyclic amines) is 1. The molecule has 7 heteroatoms. The van der Waals surface area contributed by atoms with Gasteiger partial charge in [0.1, 0.15) is 16.9 Å². The van der Waals surface area contributed by atoms with Gasteiger partial charge in [-0.2, -0.15) is 0 Å². The van der Waals surface area contributed by atoms with Gasteiger partial charge < -0.3 is 14.6 Å². The first kappa shape index (κ1) is 15.6. The second-order valence-electron chi connectivity index (χ2n) is 5.36. The number of pyridine rings is 2. The van der Waals surface area contributed by atoms with Crippen LogP contribution in [-0.2, 0) is 0 Å². The third-order valence-corrected chi connectivity index (χ3v) is 4.07. The molecule has 2 aromatic rings. The molecule has 120 valence electrons. The number of aromatic amines is 1. The Bertz CT molecular complexity index is 734. The summed E-state index contributed by atoms with van der Waals surface area (Å²) in [6.45, 7) is 1.21. The van der Waals surface area contributed by atoms with E-state index in [1.165, 1.54) is 12.3 Å². The fourth-order valence-corrected chi connectivity index (χ4v) is 2.70. The van der Waals surface area contributed by atoms with Gasteiger partial charge in [0.05, 0.1) is 5.56 Å². The van der Waals surface area contributed by atoms with Crippen LogP contribution in [-0.4, -0.2) is 40.0 Å². The molecule has 2 aromatic heterocycles. The van der Waals surface area contributed by atoms with Crippen molar-refractivity contribution < 1.29 is 9.53 Å². The minimum atomic E-state index is -0.220. The molecule has 0 bridgehead atoms. The normalized spacial score (nSPS) is 15.4. The first-order valence-electron chi connectivity index (χ1n) is 7.37. The predicted octanol–water partition coefficient (Wildman–Crippen LogP) is 2.11. The molecule has 1 fully saturated rings. The summed E-state index contributed by atoms with van der Waals surface area (Å²) in [6, 6.07) is 4.63. The van der Waals surface area contributed by atoms with Crippen molar-refractivity contribution in [3.8, 4) is 5.75 Å². The zero-order valence-corrected chi connectivity index (χ0v) is 13.1. The standard InChI is InChI=1S/C16H16ClN3O3/c17-13-10-18-6-3-14(13)23-12-4-7-20(8-5-12)16(22)11-1-2-15(21)19-9-11/h1-3,6,9-10,12H,4-5,7-8H2,(H,19,21). The van der Waals surface area contributed by atoms with E-state index in [1.54, 1.807) is 29.4 Å².